The maximum Gasteiger partial charge on any atom is 0.305 e. The van der Waals surface area contributed by atoms with Gasteiger partial charge in [-0.05, 0) is 30.7 Å². The van der Waals surface area contributed by atoms with E-state index < -0.39 is 0 Å². The van der Waals surface area contributed by atoms with Crippen LogP contribution in [0, 0.1) is 0 Å². The largest absolute Gasteiger partial charge is 0.458 e. The van der Waals surface area contributed by atoms with Gasteiger partial charge in [0.15, 0.2) is 0 Å². The highest BCUT2D eigenvalue weighted by Crippen LogP contribution is 2.28. The van der Waals surface area contributed by atoms with Gasteiger partial charge in [0, 0.05) is 13.5 Å². The standard InChI is InChI=1S/C19H21ClN8O2/c1-3-6-16(29)24-15-10-4-7-12(23-15)11-30-19-25-17-13(20)8-5-9-14(17)28(19)18(22-2)26-27-21/h4-5,7-10H,3,6,11H2,1-2H3,(H2,21,22,26)(H,23,24,29). The highest BCUT2D eigenvalue weighted by Gasteiger charge is 2.18. The lowest BCUT2D eigenvalue weighted by Gasteiger charge is -2.09. The van der Waals surface area contributed by atoms with E-state index in [1.807, 2.05) is 6.92 Å². The Morgan fingerprint density at radius 2 is 2.07 bits per heavy atom. The second-order valence-corrected chi connectivity index (χ2v) is 6.58. The lowest BCUT2D eigenvalue weighted by molar-refractivity contribution is -0.116. The SMILES string of the molecule is CCCC(=O)Nc1cccc(COc2nc3c(Cl)cccc3n2C(=NC)/N=N\N)n1. The number of fused-ring (bicyclic) bond motifs is 1. The molecule has 11 heteroatoms. The van der Waals surface area contributed by atoms with Gasteiger partial charge in [0.05, 0.1) is 16.2 Å². The molecule has 2 aromatic heterocycles. The predicted octanol–water partition coefficient (Wildman–Crippen LogP) is 3.56. The average Bonchev–Trinajstić information content (AvgIpc) is 3.10. The molecule has 0 aliphatic rings. The molecule has 10 nitrogen and oxygen atoms in total. The molecule has 3 N–H and O–H groups in total. The van der Waals surface area contributed by atoms with Crippen LogP contribution in [0.2, 0.25) is 5.02 Å². The summed E-state index contributed by atoms with van der Waals surface area (Å²) in [4.78, 5) is 24.8. The van der Waals surface area contributed by atoms with Crippen LogP contribution < -0.4 is 15.9 Å². The average molecular weight is 429 g/mol. The third-order valence-electron chi connectivity index (χ3n) is 4.05. The number of ether oxygens (including phenoxy) is 1. The van der Waals surface area contributed by atoms with E-state index >= 15 is 0 Å². The van der Waals surface area contributed by atoms with Gasteiger partial charge in [0.2, 0.25) is 5.91 Å². The van der Waals surface area contributed by atoms with E-state index in [-0.39, 0.29) is 24.5 Å². The Balaban J connectivity index is 1.89. The van der Waals surface area contributed by atoms with Gasteiger partial charge in [-0.3, -0.25) is 9.79 Å². The monoisotopic (exact) mass is 428 g/mol. The molecule has 0 unspecified atom stereocenters. The van der Waals surface area contributed by atoms with Crippen molar-refractivity contribution in [1.29, 1.82) is 0 Å². The molecule has 0 saturated heterocycles. The molecule has 0 aliphatic carbocycles. The van der Waals surface area contributed by atoms with Crippen molar-refractivity contribution in [2.75, 3.05) is 12.4 Å². The summed E-state index contributed by atoms with van der Waals surface area (Å²) in [6.07, 6.45) is 1.19. The van der Waals surface area contributed by atoms with Gasteiger partial charge in [-0.25, -0.2) is 9.55 Å². The second-order valence-electron chi connectivity index (χ2n) is 6.18. The molecule has 0 radical (unpaired) electrons. The number of para-hydroxylation sites is 1. The lowest BCUT2D eigenvalue weighted by atomic mass is 10.3. The van der Waals surface area contributed by atoms with Crippen LogP contribution >= 0.6 is 11.6 Å². The number of pyridine rings is 1. The molecule has 1 amide bonds. The molecule has 0 atom stereocenters. The van der Waals surface area contributed by atoms with E-state index in [9.17, 15) is 4.79 Å². The molecule has 30 heavy (non-hydrogen) atoms. The number of rotatable bonds is 6. The van der Waals surface area contributed by atoms with Gasteiger partial charge in [0.1, 0.15) is 17.9 Å². The maximum atomic E-state index is 11.8. The number of hydrogen-bond acceptors (Lipinski definition) is 6. The van der Waals surface area contributed by atoms with Crippen LogP contribution in [-0.4, -0.2) is 33.4 Å². The van der Waals surface area contributed by atoms with Crippen molar-refractivity contribution in [2.24, 2.45) is 21.2 Å². The Bertz CT molecular complexity index is 1110. The molecule has 0 saturated carbocycles. The summed E-state index contributed by atoms with van der Waals surface area (Å²) in [5.41, 5.74) is 1.76. The first-order chi connectivity index (χ1) is 14.6. The van der Waals surface area contributed by atoms with Crippen molar-refractivity contribution in [2.45, 2.75) is 26.4 Å². The molecule has 156 valence electrons. The Morgan fingerprint density at radius 3 is 2.80 bits per heavy atom. The van der Waals surface area contributed by atoms with Gasteiger partial charge in [-0.2, -0.15) is 4.98 Å². The lowest BCUT2D eigenvalue weighted by Crippen LogP contribution is -2.14. The second kappa shape index (κ2) is 9.79. The minimum absolute atomic E-state index is 0.0875. The molecular formula is C19H21ClN8O2. The number of benzene rings is 1. The summed E-state index contributed by atoms with van der Waals surface area (Å²) in [6.45, 7) is 2.03. The van der Waals surface area contributed by atoms with Gasteiger partial charge in [-0.1, -0.05) is 41.0 Å². The van der Waals surface area contributed by atoms with Gasteiger partial charge >= 0.3 is 6.01 Å². The van der Waals surface area contributed by atoms with E-state index in [0.717, 1.165) is 6.42 Å². The Morgan fingerprint density at radius 1 is 1.27 bits per heavy atom. The zero-order valence-corrected chi connectivity index (χ0v) is 17.3. The van der Waals surface area contributed by atoms with Crippen molar-refractivity contribution in [3.05, 3.63) is 47.1 Å². The van der Waals surface area contributed by atoms with Crippen LogP contribution in [0.25, 0.3) is 11.0 Å². The van der Waals surface area contributed by atoms with E-state index in [1.165, 1.54) is 0 Å². The first-order valence-electron chi connectivity index (χ1n) is 9.21. The number of anilines is 1. The first-order valence-corrected chi connectivity index (χ1v) is 9.58. The Labute approximate surface area is 177 Å². The summed E-state index contributed by atoms with van der Waals surface area (Å²) in [6, 6.07) is 10.8. The summed E-state index contributed by atoms with van der Waals surface area (Å²) < 4.78 is 7.45. The Kier molecular flexibility index (Phi) is 6.91. The predicted molar refractivity (Wildman–Crippen MR) is 115 cm³/mol. The number of carbonyl (C=O) groups is 1. The number of halogens is 1. The Hall–Kier alpha value is -3.53. The van der Waals surface area contributed by atoms with Gasteiger partial charge < -0.3 is 15.9 Å². The zero-order valence-electron chi connectivity index (χ0n) is 16.5. The maximum absolute atomic E-state index is 11.8. The van der Waals surface area contributed by atoms with Crippen molar-refractivity contribution >= 4 is 40.3 Å². The van der Waals surface area contributed by atoms with Crippen molar-refractivity contribution in [1.82, 2.24) is 14.5 Å². The molecular weight excluding hydrogens is 408 g/mol. The number of carbonyl (C=O) groups excluding carboxylic acids is 1. The molecule has 2 heterocycles. The topological polar surface area (TPSA) is 132 Å². The van der Waals surface area contributed by atoms with Crippen LogP contribution in [0.1, 0.15) is 25.5 Å². The number of amides is 1. The third kappa shape index (κ3) is 4.71. The molecule has 3 aromatic rings. The molecule has 0 spiro atoms. The smallest absolute Gasteiger partial charge is 0.305 e. The number of hydrogen-bond donors (Lipinski definition) is 2. The van der Waals surface area contributed by atoms with Crippen LogP contribution in [-0.2, 0) is 11.4 Å². The molecule has 1 aromatic carbocycles. The van der Waals surface area contributed by atoms with Gasteiger partial charge in [-0.15, -0.1) is 0 Å². The summed E-state index contributed by atoms with van der Waals surface area (Å²) in [5.74, 6) is 5.77. The number of aliphatic imine (C=N–C) groups is 1. The summed E-state index contributed by atoms with van der Waals surface area (Å²) in [7, 11) is 1.55. The fourth-order valence-corrected chi connectivity index (χ4v) is 2.99. The van der Waals surface area contributed by atoms with E-state index in [0.29, 0.717) is 34.0 Å². The fourth-order valence-electron chi connectivity index (χ4n) is 2.78. The van der Waals surface area contributed by atoms with E-state index in [4.69, 9.17) is 22.2 Å². The van der Waals surface area contributed by atoms with Gasteiger partial charge in [0.25, 0.3) is 5.96 Å². The van der Waals surface area contributed by atoms with Crippen LogP contribution in [0.3, 0.4) is 0 Å². The molecule has 0 aliphatic heterocycles. The zero-order chi connectivity index (χ0) is 21.5. The van der Waals surface area contributed by atoms with Crippen LogP contribution in [0.4, 0.5) is 5.82 Å². The number of nitrogens with one attached hydrogen (secondary N) is 1. The molecule has 3 rings (SSSR count). The highest BCUT2D eigenvalue weighted by atomic mass is 35.5. The summed E-state index contributed by atoms with van der Waals surface area (Å²) in [5, 5.41) is 10.4. The van der Waals surface area contributed by atoms with E-state index in [1.54, 1.807) is 48.0 Å². The van der Waals surface area contributed by atoms with Crippen LogP contribution in [0.15, 0.2) is 51.7 Å². The van der Waals surface area contributed by atoms with Crippen molar-refractivity contribution in [3.63, 3.8) is 0 Å². The minimum atomic E-state index is -0.0875. The number of aromatic nitrogens is 3. The molecule has 0 bridgehead atoms. The number of nitrogens with two attached hydrogens (primary N) is 1. The normalized spacial score (nSPS) is 11.9. The number of imidazole rings is 1. The first kappa shape index (κ1) is 21.2. The third-order valence-corrected chi connectivity index (χ3v) is 4.36. The highest BCUT2D eigenvalue weighted by molar-refractivity contribution is 6.35. The fraction of sp³-hybridized carbons (Fsp3) is 0.263. The van der Waals surface area contributed by atoms with Crippen molar-refractivity contribution < 1.29 is 9.53 Å². The van der Waals surface area contributed by atoms with Crippen molar-refractivity contribution in [3.8, 4) is 6.01 Å². The summed E-state index contributed by atoms with van der Waals surface area (Å²) >= 11 is 6.28. The van der Waals surface area contributed by atoms with Crippen LogP contribution in [0.5, 0.6) is 6.01 Å². The number of nitrogens with zero attached hydrogens (tertiary/aromatic N) is 6. The molecule has 0 fully saturated rings. The minimum Gasteiger partial charge on any atom is -0.458 e. The quantitative estimate of drug-likeness (QED) is 0.203. The van der Waals surface area contributed by atoms with E-state index in [2.05, 4.69) is 30.6 Å².